The van der Waals surface area contributed by atoms with E-state index in [2.05, 4.69) is 4.18 Å². The second kappa shape index (κ2) is 6.55. The summed E-state index contributed by atoms with van der Waals surface area (Å²) < 4.78 is 32.2. The zero-order valence-electron chi connectivity index (χ0n) is 11.2. The Labute approximate surface area is 137 Å². The molecule has 0 saturated carbocycles. The highest BCUT2D eigenvalue weighted by atomic mass is 35.6. The zero-order valence-corrected chi connectivity index (χ0v) is 14.3. The molecule has 0 aromatic rings. The van der Waals surface area contributed by atoms with E-state index >= 15 is 0 Å². The number of methoxy groups -OCH3 is 1. The summed E-state index contributed by atoms with van der Waals surface area (Å²) in [5, 5.41) is 0. The molecule has 0 aromatic carbocycles. The maximum absolute atomic E-state index is 12.3. The third kappa shape index (κ3) is 4.43. The number of rotatable bonds is 5. The average molecular weight is 383 g/mol. The number of carbonyl (C=O) groups excluding carboxylic acids is 2. The topological polar surface area (TPSA) is 90.0 Å². The number of amides is 1. The van der Waals surface area contributed by atoms with E-state index < -0.39 is 38.3 Å². The summed E-state index contributed by atoms with van der Waals surface area (Å²) in [6.07, 6.45) is -0.373. The first kappa shape index (κ1) is 18.9. The first-order valence-corrected chi connectivity index (χ1v) is 8.26. The van der Waals surface area contributed by atoms with E-state index in [4.69, 9.17) is 39.5 Å². The fourth-order valence-corrected chi connectivity index (χ4v) is 3.48. The van der Waals surface area contributed by atoms with Crippen molar-refractivity contribution in [2.24, 2.45) is 5.41 Å². The van der Waals surface area contributed by atoms with E-state index in [1.54, 1.807) is 0 Å². The molecule has 1 fully saturated rings. The van der Waals surface area contributed by atoms with Crippen molar-refractivity contribution in [3.63, 3.8) is 0 Å². The molecular weight excluding hydrogens is 369 g/mol. The molecule has 1 amide bonds. The van der Waals surface area contributed by atoms with Gasteiger partial charge in [0.2, 0.25) is 3.79 Å². The Morgan fingerprint density at radius 2 is 2.05 bits per heavy atom. The number of hydrogen-bond acceptors (Lipinski definition) is 6. The van der Waals surface area contributed by atoms with E-state index in [1.165, 1.54) is 14.0 Å². The minimum Gasteiger partial charge on any atom is -0.360 e. The number of hydrogen-bond donors (Lipinski definition) is 0. The predicted octanol–water partition coefficient (Wildman–Crippen LogP) is 1.42. The van der Waals surface area contributed by atoms with Crippen molar-refractivity contribution >= 4 is 57.3 Å². The third-order valence-corrected chi connectivity index (χ3v) is 4.63. The maximum atomic E-state index is 12.3. The van der Waals surface area contributed by atoms with E-state index in [1.807, 2.05) is 0 Å². The molecule has 1 saturated heterocycles. The molecule has 2 atom stereocenters. The van der Waals surface area contributed by atoms with Gasteiger partial charge in [-0.1, -0.05) is 34.8 Å². The maximum Gasteiger partial charge on any atom is 0.367 e. The Balaban J connectivity index is 3.09. The lowest BCUT2D eigenvalue weighted by Gasteiger charge is -2.39. The lowest BCUT2D eigenvalue weighted by atomic mass is 9.83. The van der Waals surface area contributed by atoms with Crippen molar-refractivity contribution in [3.05, 3.63) is 0 Å². The molecule has 122 valence electrons. The van der Waals surface area contributed by atoms with Crippen molar-refractivity contribution < 1.29 is 26.9 Å². The normalized spacial score (nSPS) is 27.8. The predicted molar refractivity (Wildman–Crippen MR) is 76.2 cm³/mol. The van der Waals surface area contributed by atoms with Gasteiger partial charge < -0.3 is 9.53 Å². The van der Waals surface area contributed by atoms with Gasteiger partial charge >= 0.3 is 10.3 Å². The summed E-state index contributed by atoms with van der Waals surface area (Å²) >= 11 is 16.3. The molecule has 1 heterocycles. The smallest absolute Gasteiger partial charge is 0.360 e. The molecule has 0 unspecified atom stereocenters. The molecule has 1 aliphatic heterocycles. The lowest BCUT2D eigenvalue weighted by molar-refractivity contribution is -0.155. The summed E-state index contributed by atoms with van der Waals surface area (Å²) in [7, 11) is -3.33. The van der Waals surface area contributed by atoms with Gasteiger partial charge in [0.25, 0.3) is 5.91 Å². The Hall–Kier alpha value is -0.120. The molecule has 0 aliphatic carbocycles. The average Bonchev–Trinajstić information content (AvgIpc) is 2.38. The number of ether oxygens (including phenoxy) is 1. The fourth-order valence-electron chi connectivity index (χ4n) is 1.80. The molecule has 21 heavy (non-hydrogen) atoms. The Bertz CT molecular complexity index is 519. The van der Waals surface area contributed by atoms with Crippen LogP contribution in [0, 0.1) is 5.41 Å². The van der Waals surface area contributed by atoms with Crippen LogP contribution in [-0.4, -0.2) is 48.7 Å². The second-order valence-electron chi connectivity index (χ2n) is 4.70. The molecule has 7 nitrogen and oxygen atoms in total. The second-order valence-corrected chi connectivity index (χ2v) is 8.70. The molecule has 0 bridgehead atoms. The number of piperidine rings is 1. The van der Waals surface area contributed by atoms with Crippen LogP contribution >= 0.6 is 34.8 Å². The highest BCUT2D eigenvalue weighted by Gasteiger charge is 2.50. The van der Waals surface area contributed by atoms with Crippen LogP contribution in [0.2, 0.25) is 0 Å². The van der Waals surface area contributed by atoms with E-state index in [9.17, 15) is 18.0 Å². The van der Waals surface area contributed by atoms with Gasteiger partial charge in [-0.25, -0.2) is 4.18 Å². The summed E-state index contributed by atoms with van der Waals surface area (Å²) in [4.78, 5) is 23.4. The van der Waals surface area contributed by atoms with Gasteiger partial charge in [0, 0.05) is 7.11 Å². The SMILES string of the molecule is CO[C@H]1CC[C@@](C)(C=O)C(=O)N1S(=O)(=O)OCC(Cl)(Cl)Cl. The minimum atomic E-state index is -4.56. The van der Waals surface area contributed by atoms with E-state index in [0.29, 0.717) is 10.6 Å². The lowest BCUT2D eigenvalue weighted by Crippen LogP contribution is -2.56. The van der Waals surface area contributed by atoms with Gasteiger partial charge in [0.15, 0.2) is 0 Å². The number of halogens is 3. The number of carbonyl (C=O) groups is 2. The van der Waals surface area contributed by atoms with Crippen molar-refractivity contribution in [2.75, 3.05) is 13.7 Å². The first-order chi connectivity index (χ1) is 9.47. The molecule has 0 radical (unpaired) electrons. The standard InChI is InChI=1S/C10H14Cl3NO6S/c1-9(5-15)4-3-7(19-2)14(8(9)16)21(17,18)20-6-10(11,12)13/h5,7H,3-4,6H2,1-2H3/t7-,9-/m0/s1. The highest BCUT2D eigenvalue weighted by molar-refractivity contribution is 7.85. The quantitative estimate of drug-likeness (QED) is 0.406. The van der Waals surface area contributed by atoms with Gasteiger partial charge in [0.05, 0.1) is 0 Å². The largest absolute Gasteiger partial charge is 0.367 e. The van der Waals surface area contributed by atoms with E-state index in [0.717, 1.165) is 0 Å². The Kier molecular flexibility index (Phi) is 5.91. The molecular formula is C10H14Cl3NO6S. The van der Waals surface area contributed by atoms with Crippen LogP contribution in [0.15, 0.2) is 0 Å². The van der Waals surface area contributed by atoms with Crippen LogP contribution in [0.3, 0.4) is 0 Å². The monoisotopic (exact) mass is 381 g/mol. The first-order valence-electron chi connectivity index (χ1n) is 5.76. The number of alkyl halides is 3. The van der Waals surface area contributed by atoms with Crippen molar-refractivity contribution in [3.8, 4) is 0 Å². The Morgan fingerprint density at radius 3 is 2.48 bits per heavy atom. The van der Waals surface area contributed by atoms with Crippen LogP contribution in [0.4, 0.5) is 0 Å². The number of aldehydes is 1. The van der Waals surface area contributed by atoms with Crippen molar-refractivity contribution in [1.29, 1.82) is 0 Å². The molecule has 0 N–H and O–H groups in total. The summed E-state index contributed by atoms with van der Waals surface area (Å²) in [6.45, 7) is 0.559. The van der Waals surface area contributed by atoms with Crippen LogP contribution in [0.1, 0.15) is 19.8 Å². The molecule has 0 aromatic heterocycles. The molecule has 11 heteroatoms. The third-order valence-electron chi connectivity index (χ3n) is 3.01. The van der Waals surface area contributed by atoms with Crippen LogP contribution < -0.4 is 0 Å². The molecule has 1 rings (SSSR count). The van der Waals surface area contributed by atoms with Gasteiger partial charge in [-0.15, -0.1) is 0 Å². The molecule has 0 spiro atoms. The summed E-state index contributed by atoms with van der Waals surface area (Å²) in [5.41, 5.74) is -1.47. The highest BCUT2D eigenvalue weighted by Crippen LogP contribution is 2.35. The Morgan fingerprint density at radius 1 is 1.48 bits per heavy atom. The number of nitrogens with zero attached hydrogens (tertiary/aromatic N) is 1. The van der Waals surface area contributed by atoms with E-state index in [-0.39, 0.29) is 12.8 Å². The summed E-state index contributed by atoms with van der Waals surface area (Å²) in [5.74, 6) is -0.945. The summed E-state index contributed by atoms with van der Waals surface area (Å²) in [6, 6.07) is 0. The molecule has 1 aliphatic rings. The minimum absolute atomic E-state index is 0.147. The van der Waals surface area contributed by atoms with Crippen molar-refractivity contribution in [1.82, 2.24) is 4.31 Å². The van der Waals surface area contributed by atoms with Crippen molar-refractivity contribution in [2.45, 2.75) is 29.8 Å². The van der Waals surface area contributed by atoms with Crippen LogP contribution in [0.5, 0.6) is 0 Å². The van der Waals surface area contributed by atoms with Gasteiger partial charge in [-0.3, -0.25) is 4.79 Å². The van der Waals surface area contributed by atoms with Gasteiger partial charge in [-0.05, 0) is 19.8 Å². The van der Waals surface area contributed by atoms with Crippen LogP contribution in [-0.2, 0) is 28.8 Å². The van der Waals surface area contributed by atoms with Gasteiger partial charge in [-0.2, -0.15) is 12.7 Å². The van der Waals surface area contributed by atoms with Gasteiger partial charge in [0.1, 0.15) is 24.5 Å². The zero-order chi connectivity index (χ0) is 16.5. The van der Waals surface area contributed by atoms with Crippen LogP contribution in [0.25, 0.3) is 0 Å². The fraction of sp³-hybridized carbons (Fsp3) is 0.800.